The maximum Gasteiger partial charge on any atom is 0.121 e. The van der Waals surface area contributed by atoms with Crippen LogP contribution in [0.4, 0.5) is 0 Å². The summed E-state index contributed by atoms with van der Waals surface area (Å²) in [6.07, 6.45) is 2.48. The largest absolute Gasteiger partial charge is 0.508 e. The first-order valence-corrected chi connectivity index (χ1v) is 8.37. The second-order valence-electron chi connectivity index (χ2n) is 7.29. The average molecular weight is 305 g/mol. The van der Waals surface area contributed by atoms with Crippen LogP contribution in [0.15, 0.2) is 12.1 Å². The number of hydrogen-bond acceptors (Lipinski definition) is 4. The van der Waals surface area contributed by atoms with E-state index in [1.54, 1.807) is 6.07 Å². The van der Waals surface area contributed by atoms with Crippen LogP contribution in [0.5, 0.6) is 5.75 Å². The first-order valence-electron chi connectivity index (χ1n) is 8.37. The molecule has 1 fully saturated rings. The Kier molecular flexibility index (Phi) is 4.44. The number of hydrogen-bond donors (Lipinski definition) is 3. The Bertz CT molecular complexity index is 543. The summed E-state index contributed by atoms with van der Waals surface area (Å²) in [5, 5.41) is 29.9. The van der Waals surface area contributed by atoms with Gasteiger partial charge in [-0.1, -0.05) is 13.8 Å². The fourth-order valence-electron chi connectivity index (χ4n) is 4.15. The molecule has 0 spiro atoms. The minimum absolute atomic E-state index is 0.132. The molecule has 1 saturated heterocycles. The Morgan fingerprint density at radius 2 is 2.09 bits per heavy atom. The molecule has 0 saturated carbocycles. The van der Waals surface area contributed by atoms with E-state index in [-0.39, 0.29) is 24.5 Å². The van der Waals surface area contributed by atoms with E-state index in [0.717, 1.165) is 37.9 Å². The predicted molar refractivity (Wildman–Crippen MR) is 85.6 cm³/mol. The maximum atomic E-state index is 10.5. The number of benzene rings is 1. The summed E-state index contributed by atoms with van der Waals surface area (Å²) in [5.74, 6) is 1.12. The quantitative estimate of drug-likeness (QED) is 0.801. The fraction of sp³-hybridized carbons (Fsp3) is 0.667. The molecule has 122 valence electrons. The number of piperidine rings is 1. The van der Waals surface area contributed by atoms with E-state index < -0.39 is 0 Å². The first kappa shape index (κ1) is 15.8. The number of nitrogens with zero attached hydrogens (tertiary/aromatic N) is 1. The van der Waals surface area contributed by atoms with Crippen molar-refractivity contribution in [1.29, 1.82) is 0 Å². The highest BCUT2D eigenvalue weighted by Crippen LogP contribution is 2.41. The van der Waals surface area contributed by atoms with Gasteiger partial charge in [-0.25, -0.2) is 0 Å². The zero-order valence-electron chi connectivity index (χ0n) is 13.5. The molecule has 0 radical (unpaired) electrons. The number of aliphatic hydroxyl groups excluding tert-OH is 2. The van der Waals surface area contributed by atoms with Crippen molar-refractivity contribution in [3.63, 3.8) is 0 Å². The van der Waals surface area contributed by atoms with E-state index in [1.807, 2.05) is 6.07 Å². The van der Waals surface area contributed by atoms with Crippen LogP contribution < -0.4 is 0 Å². The molecule has 3 N–H and O–H groups in total. The molecular formula is C18H27NO3. The summed E-state index contributed by atoms with van der Waals surface area (Å²) < 4.78 is 0. The monoisotopic (exact) mass is 305 g/mol. The lowest BCUT2D eigenvalue weighted by Crippen LogP contribution is -2.48. The van der Waals surface area contributed by atoms with Crippen LogP contribution in [-0.2, 0) is 13.0 Å². The molecule has 2 aliphatic heterocycles. The summed E-state index contributed by atoms with van der Waals surface area (Å²) in [4.78, 5) is 2.46. The first-order chi connectivity index (χ1) is 10.5. The van der Waals surface area contributed by atoms with Gasteiger partial charge >= 0.3 is 0 Å². The van der Waals surface area contributed by atoms with Crippen molar-refractivity contribution in [3.05, 3.63) is 28.8 Å². The van der Waals surface area contributed by atoms with Gasteiger partial charge in [-0.15, -0.1) is 0 Å². The lowest BCUT2D eigenvalue weighted by molar-refractivity contribution is -0.0191. The normalized spacial score (nSPS) is 28.5. The average Bonchev–Trinajstić information content (AvgIpc) is 2.47. The van der Waals surface area contributed by atoms with Gasteiger partial charge in [0, 0.05) is 24.7 Å². The Morgan fingerprint density at radius 1 is 1.32 bits per heavy atom. The molecule has 3 atom stereocenters. The van der Waals surface area contributed by atoms with Gasteiger partial charge in [0.15, 0.2) is 0 Å². The lowest BCUT2D eigenvalue weighted by atomic mass is 9.79. The van der Waals surface area contributed by atoms with Crippen LogP contribution in [0, 0.1) is 11.8 Å². The number of phenols is 1. The summed E-state index contributed by atoms with van der Waals surface area (Å²) in [7, 11) is 0. The molecule has 2 aliphatic rings. The SMILES string of the molecule is CC(C)C[C@@H]1CN2CCc3cc(CO)c(O)cc3[C@@H]2C[C@@H]1O. The minimum Gasteiger partial charge on any atom is -0.508 e. The van der Waals surface area contributed by atoms with Crippen LogP contribution in [0.2, 0.25) is 0 Å². The maximum absolute atomic E-state index is 10.5. The van der Waals surface area contributed by atoms with Crippen molar-refractivity contribution in [1.82, 2.24) is 4.90 Å². The third-order valence-electron chi connectivity index (χ3n) is 5.23. The van der Waals surface area contributed by atoms with Crippen molar-refractivity contribution >= 4 is 0 Å². The fourth-order valence-corrected chi connectivity index (χ4v) is 4.15. The Morgan fingerprint density at radius 3 is 2.77 bits per heavy atom. The van der Waals surface area contributed by atoms with E-state index in [9.17, 15) is 15.3 Å². The Balaban J connectivity index is 1.85. The zero-order chi connectivity index (χ0) is 15.9. The minimum atomic E-state index is -0.269. The molecule has 1 aromatic carbocycles. The number of fused-ring (bicyclic) bond motifs is 3. The predicted octanol–water partition coefficient (Wildman–Crippen LogP) is 2.21. The lowest BCUT2D eigenvalue weighted by Gasteiger charge is -2.46. The van der Waals surface area contributed by atoms with Gasteiger partial charge in [0.05, 0.1) is 12.7 Å². The molecule has 0 amide bonds. The zero-order valence-corrected chi connectivity index (χ0v) is 13.5. The van der Waals surface area contributed by atoms with Crippen molar-refractivity contribution in [2.24, 2.45) is 11.8 Å². The highest BCUT2D eigenvalue weighted by Gasteiger charge is 2.38. The summed E-state index contributed by atoms with van der Waals surface area (Å²) >= 11 is 0. The van der Waals surface area contributed by atoms with E-state index >= 15 is 0 Å². The molecule has 4 nitrogen and oxygen atoms in total. The Hall–Kier alpha value is -1.10. The molecule has 0 aromatic heterocycles. The molecular weight excluding hydrogens is 278 g/mol. The van der Waals surface area contributed by atoms with Crippen molar-refractivity contribution in [2.75, 3.05) is 13.1 Å². The van der Waals surface area contributed by atoms with Gasteiger partial charge in [-0.05, 0) is 54.4 Å². The number of aliphatic hydroxyl groups is 2. The van der Waals surface area contributed by atoms with Gasteiger partial charge in [0.2, 0.25) is 0 Å². The van der Waals surface area contributed by atoms with E-state index in [2.05, 4.69) is 18.7 Å². The number of rotatable bonds is 3. The molecule has 0 aliphatic carbocycles. The van der Waals surface area contributed by atoms with Gasteiger partial charge < -0.3 is 15.3 Å². The van der Waals surface area contributed by atoms with E-state index in [4.69, 9.17) is 0 Å². The number of aromatic hydroxyl groups is 1. The second kappa shape index (κ2) is 6.19. The van der Waals surface area contributed by atoms with Crippen molar-refractivity contribution in [2.45, 2.75) is 51.9 Å². The van der Waals surface area contributed by atoms with E-state index in [1.165, 1.54) is 5.56 Å². The van der Waals surface area contributed by atoms with Gasteiger partial charge in [0.25, 0.3) is 0 Å². The second-order valence-corrected chi connectivity index (χ2v) is 7.29. The molecule has 1 aromatic rings. The summed E-state index contributed by atoms with van der Waals surface area (Å²) in [5.41, 5.74) is 2.93. The third kappa shape index (κ3) is 2.87. The van der Waals surface area contributed by atoms with Crippen molar-refractivity contribution in [3.8, 4) is 5.75 Å². The van der Waals surface area contributed by atoms with Crippen LogP contribution in [0.3, 0.4) is 0 Å². The standard InChI is InChI=1S/C18H27NO3/c1-11(2)5-13-9-19-4-3-12-6-14(10-20)17(21)7-15(12)16(19)8-18(13)22/h6-7,11,13,16,18,20-22H,3-5,8-10H2,1-2H3/t13-,16+,18+/m1/s1. The van der Waals surface area contributed by atoms with Crippen LogP contribution >= 0.6 is 0 Å². The van der Waals surface area contributed by atoms with E-state index in [0.29, 0.717) is 17.4 Å². The van der Waals surface area contributed by atoms with Gasteiger partial charge in [-0.2, -0.15) is 0 Å². The van der Waals surface area contributed by atoms with Gasteiger partial charge in [-0.3, -0.25) is 4.90 Å². The molecule has 22 heavy (non-hydrogen) atoms. The smallest absolute Gasteiger partial charge is 0.121 e. The molecule has 3 rings (SSSR count). The third-order valence-corrected chi connectivity index (χ3v) is 5.23. The summed E-state index contributed by atoms with van der Waals surface area (Å²) in [6, 6.07) is 3.92. The molecule has 2 heterocycles. The topological polar surface area (TPSA) is 63.9 Å². The van der Waals surface area contributed by atoms with Gasteiger partial charge in [0.1, 0.15) is 5.75 Å². The highest BCUT2D eigenvalue weighted by atomic mass is 16.3. The Labute approximate surface area is 132 Å². The van der Waals surface area contributed by atoms with Crippen LogP contribution in [0.1, 0.15) is 49.4 Å². The van der Waals surface area contributed by atoms with Crippen LogP contribution in [-0.4, -0.2) is 39.4 Å². The van der Waals surface area contributed by atoms with Crippen LogP contribution in [0.25, 0.3) is 0 Å². The summed E-state index contributed by atoms with van der Waals surface area (Å²) in [6.45, 7) is 6.21. The van der Waals surface area contributed by atoms with Crippen molar-refractivity contribution < 1.29 is 15.3 Å². The molecule has 4 heteroatoms. The highest BCUT2D eigenvalue weighted by molar-refractivity contribution is 5.44. The molecule has 0 unspecified atom stereocenters. The molecule has 0 bridgehead atoms.